The molecule has 1 aromatic carbocycles. The van der Waals surface area contributed by atoms with Crippen molar-refractivity contribution in [1.82, 2.24) is 4.90 Å². The molecule has 0 saturated carbocycles. The Hall–Kier alpha value is -1.06. The van der Waals surface area contributed by atoms with E-state index in [-0.39, 0.29) is 0 Å². The number of morpholine rings is 1. The summed E-state index contributed by atoms with van der Waals surface area (Å²) in [6, 6.07) is 5.79. The van der Waals surface area contributed by atoms with E-state index in [1.54, 1.807) is 0 Å². The SMILES string of the molecule is Cc1ccc([C@@H]2O[C@H](CO)[C@@H](O)[C@H](O)[C@H]2O)cc1CN1CCOCC1. The molecule has 2 heterocycles. The van der Waals surface area contributed by atoms with Crippen LogP contribution in [0.25, 0.3) is 0 Å². The van der Waals surface area contributed by atoms with E-state index in [0.29, 0.717) is 0 Å². The fourth-order valence-corrected chi connectivity index (χ4v) is 3.42. The number of aliphatic hydroxyl groups excluding tert-OH is 4. The van der Waals surface area contributed by atoms with Gasteiger partial charge in [-0.25, -0.2) is 0 Å². The molecule has 4 N–H and O–H groups in total. The zero-order chi connectivity index (χ0) is 18.0. The minimum Gasteiger partial charge on any atom is -0.394 e. The predicted octanol–water partition coefficient (Wildman–Crippen LogP) is -0.658. The second-order valence-electron chi connectivity index (χ2n) is 6.82. The standard InChI is InChI=1S/C18H27NO6/c1-11-2-3-12(8-13(11)9-19-4-6-24-7-5-19)18-17(23)16(22)15(21)14(10-20)25-18/h2-3,8,14-18,20-23H,4-7,9-10H2,1H3/t14-,15-,16+,17-,18+/m1/s1. The second kappa shape index (κ2) is 8.09. The third-order valence-electron chi connectivity index (χ3n) is 5.09. The summed E-state index contributed by atoms with van der Waals surface area (Å²) < 4.78 is 11.0. The number of hydrogen-bond donors (Lipinski definition) is 4. The van der Waals surface area contributed by atoms with Crippen LogP contribution in [0.1, 0.15) is 22.8 Å². The normalized spacial score (nSPS) is 34.2. The van der Waals surface area contributed by atoms with Gasteiger partial charge in [0.1, 0.15) is 30.5 Å². The van der Waals surface area contributed by atoms with Crippen molar-refractivity contribution in [2.45, 2.75) is 44.0 Å². The van der Waals surface area contributed by atoms with Crippen LogP contribution in [-0.2, 0) is 16.0 Å². The summed E-state index contributed by atoms with van der Waals surface area (Å²) in [6.45, 7) is 5.60. The third-order valence-corrected chi connectivity index (χ3v) is 5.09. The van der Waals surface area contributed by atoms with Crippen molar-refractivity contribution in [3.8, 4) is 0 Å². The first-order chi connectivity index (χ1) is 12.0. The van der Waals surface area contributed by atoms with Crippen LogP contribution in [-0.4, -0.2) is 82.7 Å². The Morgan fingerprint density at radius 1 is 1.08 bits per heavy atom. The molecule has 0 unspecified atom stereocenters. The molecular formula is C18H27NO6. The number of nitrogens with zero attached hydrogens (tertiary/aromatic N) is 1. The van der Waals surface area contributed by atoms with Crippen molar-refractivity contribution in [2.75, 3.05) is 32.9 Å². The Balaban J connectivity index is 1.80. The van der Waals surface area contributed by atoms with Crippen molar-refractivity contribution >= 4 is 0 Å². The van der Waals surface area contributed by atoms with Gasteiger partial charge in [0.15, 0.2) is 0 Å². The molecule has 2 saturated heterocycles. The number of benzene rings is 1. The minimum absolute atomic E-state index is 0.423. The molecule has 0 amide bonds. The highest BCUT2D eigenvalue weighted by Gasteiger charge is 2.43. The van der Waals surface area contributed by atoms with E-state index in [0.717, 1.165) is 49.5 Å². The van der Waals surface area contributed by atoms with Gasteiger partial charge in [0.05, 0.1) is 19.8 Å². The Bertz CT molecular complexity index is 575. The summed E-state index contributed by atoms with van der Waals surface area (Å²) in [5.74, 6) is 0. The maximum absolute atomic E-state index is 10.3. The number of aryl methyl sites for hydroxylation is 1. The molecule has 1 aromatic rings. The minimum atomic E-state index is -1.36. The van der Waals surface area contributed by atoms with Crippen LogP contribution < -0.4 is 0 Å². The Labute approximate surface area is 147 Å². The lowest BCUT2D eigenvalue weighted by Gasteiger charge is -2.40. The predicted molar refractivity (Wildman–Crippen MR) is 90.0 cm³/mol. The van der Waals surface area contributed by atoms with Gasteiger partial charge >= 0.3 is 0 Å². The molecule has 7 heteroatoms. The monoisotopic (exact) mass is 353 g/mol. The van der Waals surface area contributed by atoms with Gasteiger partial charge in [0.25, 0.3) is 0 Å². The summed E-state index contributed by atoms with van der Waals surface area (Å²) in [5, 5.41) is 39.6. The molecule has 0 radical (unpaired) electrons. The van der Waals surface area contributed by atoms with Gasteiger partial charge in [-0.15, -0.1) is 0 Å². The largest absolute Gasteiger partial charge is 0.394 e. The topological polar surface area (TPSA) is 103 Å². The molecule has 2 aliphatic heterocycles. The molecule has 0 spiro atoms. The van der Waals surface area contributed by atoms with Gasteiger partial charge in [-0.2, -0.15) is 0 Å². The van der Waals surface area contributed by atoms with E-state index in [4.69, 9.17) is 9.47 Å². The molecule has 7 nitrogen and oxygen atoms in total. The molecule has 25 heavy (non-hydrogen) atoms. The van der Waals surface area contributed by atoms with Crippen LogP contribution >= 0.6 is 0 Å². The molecule has 0 aromatic heterocycles. The van der Waals surface area contributed by atoms with Gasteiger partial charge < -0.3 is 29.9 Å². The van der Waals surface area contributed by atoms with E-state index < -0.39 is 37.1 Å². The van der Waals surface area contributed by atoms with Crippen LogP contribution in [0.4, 0.5) is 0 Å². The average molecular weight is 353 g/mol. The summed E-state index contributed by atoms with van der Waals surface area (Å²) in [7, 11) is 0. The number of aliphatic hydroxyl groups is 4. The zero-order valence-corrected chi connectivity index (χ0v) is 14.4. The molecule has 140 valence electrons. The van der Waals surface area contributed by atoms with Gasteiger partial charge in [0, 0.05) is 19.6 Å². The molecule has 2 aliphatic rings. The maximum Gasteiger partial charge on any atom is 0.113 e. The van der Waals surface area contributed by atoms with Crippen molar-refractivity contribution in [1.29, 1.82) is 0 Å². The van der Waals surface area contributed by atoms with Crippen molar-refractivity contribution < 1.29 is 29.9 Å². The van der Waals surface area contributed by atoms with Crippen LogP contribution in [0.5, 0.6) is 0 Å². The number of rotatable bonds is 4. The smallest absolute Gasteiger partial charge is 0.113 e. The van der Waals surface area contributed by atoms with E-state index in [1.807, 2.05) is 25.1 Å². The summed E-state index contributed by atoms with van der Waals surface area (Å²) in [6.07, 6.45) is -5.64. The van der Waals surface area contributed by atoms with Crippen molar-refractivity contribution in [3.63, 3.8) is 0 Å². The molecule has 0 aliphatic carbocycles. The highest BCUT2D eigenvalue weighted by molar-refractivity contribution is 5.33. The Morgan fingerprint density at radius 3 is 2.48 bits per heavy atom. The van der Waals surface area contributed by atoms with Crippen LogP contribution in [0.2, 0.25) is 0 Å². The summed E-state index contributed by atoms with van der Waals surface area (Å²) in [4.78, 5) is 2.31. The van der Waals surface area contributed by atoms with Gasteiger partial charge in [-0.3, -0.25) is 4.90 Å². The molecule has 3 rings (SSSR count). The molecule has 2 fully saturated rings. The van der Waals surface area contributed by atoms with Crippen molar-refractivity contribution in [3.05, 3.63) is 34.9 Å². The highest BCUT2D eigenvalue weighted by Crippen LogP contribution is 2.33. The lowest BCUT2D eigenvalue weighted by atomic mass is 9.90. The fourth-order valence-electron chi connectivity index (χ4n) is 3.42. The van der Waals surface area contributed by atoms with Crippen LogP contribution in [0.15, 0.2) is 18.2 Å². The first kappa shape index (κ1) is 18.7. The van der Waals surface area contributed by atoms with E-state index in [1.165, 1.54) is 0 Å². The second-order valence-corrected chi connectivity index (χ2v) is 6.82. The highest BCUT2D eigenvalue weighted by atomic mass is 16.5. The average Bonchev–Trinajstić information content (AvgIpc) is 2.63. The van der Waals surface area contributed by atoms with Gasteiger partial charge in [-0.1, -0.05) is 18.2 Å². The Morgan fingerprint density at radius 2 is 1.80 bits per heavy atom. The lowest BCUT2D eigenvalue weighted by Crippen LogP contribution is -2.55. The molecule has 0 bridgehead atoms. The lowest BCUT2D eigenvalue weighted by molar-refractivity contribution is -0.231. The number of ether oxygens (including phenoxy) is 2. The van der Waals surface area contributed by atoms with E-state index in [2.05, 4.69) is 4.90 Å². The quantitative estimate of drug-likeness (QED) is 0.570. The summed E-state index contributed by atoms with van der Waals surface area (Å²) >= 11 is 0. The first-order valence-electron chi connectivity index (χ1n) is 8.71. The summed E-state index contributed by atoms with van der Waals surface area (Å²) in [5.41, 5.74) is 2.99. The maximum atomic E-state index is 10.3. The number of hydrogen-bond acceptors (Lipinski definition) is 7. The molecule has 5 atom stereocenters. The van der Waals surface area contributed by atoms with Crippen LogP contribution in [0, 0.1) is 6.92 Å². The van der Waals surface area contributed by atoms with Crippen molar-refractivity contribution in [2.24, 2.45) is 0 Å². The van der Waals surface area contributed by atoms with Crippen LogP contribution in [0.3, 0.4) is 0 Å². The van der Waals surface area contributed by atoms with E-state index in [9.17, 15) is 20.4 Å². The zero-order valence-electron chi connectivity index (χ0n) is 14.4. The fraction of sp³-hybridized carbons (Fsp3) is 0.667. The van der Waals surface area contributed by atoms with Gasteiger partial charge in [-0.05, 0) is 23.6 Å². The van der Waals surface area contributed by atoms with E-state index >= 15 is 0 Å². The first-order valence-corrected chi connectivity index (χ1v) is 8.71. The Kier molecular flexibility index (Phi) is 6.06. The molecular weight excluding hydrogens is 326 g/mol. The van der Waals surface area contributed by atoms with Gasteiger partial charge in [0.2, 0.25) is 0 Å². The third kappa shape index (κ3) is 4.03.